The smallest absolute Gasteiger partial charge is 0.368 e. The van der Waals surface area contributed by atoms with Crippen molar-refractivity contribution >= 4 is 84.3 Å². The van der Waals surface area contributed by atoms with Crippen LogP contribution < -0.4 is 10.6 Å². The third kappa shape index (κ3) is 10.7. The van der Waals surface area contributed by atoms with Crippen molar-refractivity contribution in [2.24, 2.45) is 0 Å². The largest absolute Gasteiger partial charge is 0.463 e. The van der Waals surface area contributed by atoms with Crippen molar-refractivity contribution < 1.29 is 87.1 Å². The maximum atomic E-state index is 12.1. The Hall–Kier alpha value is -3.80. The number of rotatable bonds is 18. The van der Waals surface area contributed by atoms with Gasteiger partial charge in [0.1, 0.15) is 36.6 Å². The second-order valence-electron chi connectivity index (χ2n) is 14.6. The van der Waals surface area contributed by atoms with E-state index in [0.717, 1.165) is 13.8 Å². The molecule has 2 saturated heterocycles. The van der Waals surface area contributed by atoms with E-state index in [1.165, 1.54) is 35.6 Å². The molecule has 10 N–H and O–H groups in total. The van der Waals surface area contributed by atoms with E-state index in [-0.39, 0.29) is 35.1 Å². The van der Waals surface area contributed by atoms with Gasteiger partial charge in [0, 0.05) is 13.1 Å². The van der Waals surface area contributed by atoms with E-state index >= 15 is 0 Å². The zero-order valence-electron chi connectivity index (χ0n) is 35.9. The summed E-state index contributed by atoms with van der Waals surface area (Å²) in [5, 5.41) is 42.6. The molecule has 0 aliphatic carbocycles. The van der Waals surface area contributed by atoms with Crippen LogP contribution in [0.1, 0.15) is 54.0 Å². The second kappa shape index (κ2) is 21.2. The number of esters is 2. The quantitative estimate of drug-likeness (QED) is 0.0356. The van der Waals surface area contributed by atoms with Gasteiger partial charge in [-0.15, -0.1) is 0 Å². The van der Waals surface area contributed by atoms with Crippen LogP contribution in [0.25, 0.3) is 22.3 Å². The predicted octanol–water partition coefficient (Wildman–Crippen LogP) is 0.00860. The first-order chi connectivity index (χ1) is 30.9. The Kier molecular flexibility index (Phi) is 17.1. The van der Waals surface area contributed by atoms with Crippen LogP contribution in [0, 0.1) is 0 Å². The summed E-state index contributed by atoms with van der Waals surface area (Å²) in [4.78, 5) is 87.6. The Bertz CT molecular complexity index is 2300. The first-order valence-corrected chi connectivity index (χ1v) is 23.9. The van der Waals surface area contributed by atoms with E-state index < -0.39 is 100 Å². The van der Waals surface area contributed by atoms with Crippen molar-refractivity contribution in [3.05, 3.63) is 23.2 Å². The summed E-state index contributed by atoms with van der Waals surface area (Å²) in [5.41, 5.74) is 1.14. The van der Waals surface area contributed by atoms with Gasteiger partial charge in [0.25, 0.3) is 10.7 Å². The molecule has 0 saturated carbocycles. The third-order valence-electron chi connectivity index (χ3n) is 10.2. The van der Waals surface area contributed by atoms with Crippen molar-refractivity contribution in [2.75, 3.05) is 50.2 Å². The Morgan fingerprint density at radius 1 is 0.667 bits per heavy atom. The van der Waals surface area contributed by atoms with Crippen molar-refractivity contribution in [3.8, 4) is 0 Å². The highest BCUT2D eigenvalue weighted by molar-refractivity contribution is 7.54. The van der Waals surface area contributed by atoms with E-state index in [4.69, 9.17) is 51.6 Å². The number of hydrogen-bond acceptors (Lipinski definition) is 22. The molecule has 368 valence electrons. The van der Waals surface area contributed by atoms with E-state index in [9.17, 15) is 58.7 Å². The van der Waals surface area contributed by atoms with Crippen molar-refractivity contribution in [2.45, 2.75) is 101 Å². The molecule has 0 amide bonds. The number of nitrogens with one attached hydrogen (secondary N) is 2. The van der Waals surface area contributed by atoms with Gasteiger partial charge in [-0.2, -0.15) is 19.9 Å². The second-order valence-corrected chi connectivity index (χ2v) is 19.2. The molecule has 66 heavy (non-hydrogen) atoms. The fourth-order valence-electron chi connectivity index (χ4n) is 6.47. The number of aliphatic hydroxyl groups is 4. The molecule has 6 heterocycles. The number of carbonyl (C=O) groups is 2. The van der Waals surface area contributed by atoms with Gasteiger partial charge in [-0.3, -0.25) is 18.3 Å². The highest BCUT2D eigenvalue weighted by Gasteiger charge is 2.56. The van der Waals surface area contributed by atoms with Crippen LogP contribution in [-0.2, 0) is 47.1 Å². The van der Waals surface area contributed by atoms with Crippen LogP contribution in [0.15, 0.2) is 12.7 Å². The van der Waals surface area contributed by atoms with Gasteiger partial charge in [-0.25, -0.2) is 19.6 Å². The monoisotopic (exact) mass is 1020 g/mol. The highest BCUT2D eigenvalue weighted by atomic mass is 35.5. The number of imidazole rings is 2. The summed E-state index contributed by atoms with van der Waals surface area (Å²) in [6.07, 6.45) is -8.29. The molecule has 28 nitrogen and oxygen atoms in total. The number of aromatic nitrogens is 8. The average molecular weight is 1020 g/mol. The standard InChI is InChI=1S/2C17H25ClN5O9P/c2*1-4-19-12-9-13(22-16(18)21-12)23(7-20-9)14-11(25)10(24)8(32-14)6-31-17(3,33(27,28)29)15(26)30-5-2/h2*7-8,10-11,14,24-25H,4-6H2,1-3H3,(H,19,21,22)(H2,27,28,29)/t8-,10-,11-,14-,17+;8-,10-,11-,14-,17-/m11/s1. The first-order valence-electron chi connectivity index (χ1n) is 19.9. The van der Waals surface area contributed by atoms with E-state index in [1.54, 1.807) is 0 Å². The van der Waals surface area contributed by atoms with Gasteiger partial charge in [-0.05, 0) is 64.7 Å². The molecular weight excluding hydrogens is 969 g/mol. The zero-order valence-corrected chi connectivity index (χ0v) is 39.2. The Labute approximate surface area is 384 Å². The minimum Gasteiger partial charge on any atom is -0.463 e. The number of fused-ring (bicyclic) bond motifs is 2. The molecule has 0 unspecified atom stereocenters. The van der Waals surface area contributed by atoms with Gasteiger partial charge in [-0.1, -0.05) is 0 Å². The summed E-state index contributed by atoms with van der Waals surface area (Å²) >= 11 is 12.0. The molecule has 2 aliphatic rings. The van der Waals surface area contributed by atoms with Gasteiger partial charge in [0.05, 0.1) is 39.1 Å². The maximum Gasteiger partial charge on any atom is 0.368 e. The van der Waals surface area contributed by atoms with Gasteiger partial charge >= 0.3 is 27.1 Å². The van der Waals surface area contributed by atoms with Crippen LogP contribution in [0.5, 0.6) is 0 Å². The molecule has 10 atom stereocenters. The van der Waals surface area contributed by atoms with Crippen LogP contribution in [0.3, 0.4) is 0 Å². The lowest BCUT2D eigenvalue weighted by molar-refractivity contribution is -0.167. The van der Waals surface area contributed by atoms with Crippen LogP contribution >= 0.6 is 38.4 Å². The Balaban J connectivity index is 0.000000247. The van der Waals surface area contributed by atoms with Gasteiger partial charge in [0.15, 0.2) is 46.4 Å². The summed E-state index contributed by atoms with van der Waals surface area (Å²) in [5.74, 6) is -1.81. The summed E-state index contributed by atoms with van der Waals surface area (Å²) in [6.45, 7) is 7.94. The molecule has 4 aromatic heterocycles. The lowest BCUT2D eigenvalue weighted by Crippen LogP contribution is -2.43. The maximum absolute atomic E-state index is 12.1. The number of carbonyl (C=O) groups excluding carboxylic acids is 2. The van der Waals surface area contributed by atoms with Crippen molar-refractivity contribution in [1.82, 2.24) is 39.0 Å². The minimum atomic E-state index is -5.13. The number of hydrogen-bond donors (Lipinski definition) is 10. The fourth-order valence-corrected chi connectivity index (χ4v) is 7.89. The molecule has 0 bridgehead atoms. The fraction of sp³-hybridized carbons (Fsp3) is 0.647. The molecular formula is C34H50Cl2N10O18P2. The molecule has 2 fully saturated rings. The third-order valence-corrected chi connectivity index (χ3v) is 13.4. The molecule has 4 aromatic rings. The molecule has 0 radical (unpaired) electrons. The summed E-state index contributed by atoms with van der Waals surface area (Å²) in [6, 6.07) is 0. The normalized spacial score (nSPS) is 25.2. The van der Waals surface area contributed by atoms with Gasteiger partial charge < -0.3 is 79.1 Å². The van der Waals surface area contributed by atoms with Crippen molar-refractivity contribution in [1.29, 1.82) is 0 Å². The lowest BCUT2D eigenvalue weighted by Gasteiger charge is -2.29. The lowest BCUT2D eigenvalue weighted by atomic mass is 10.1. The molecule has 0 aromatic carbocycles. The van der Waals surface area contributed by atoms with E-state index in [0.29, 0.717) is 35.8 Å². The number of halogens is 2. The Morgan fingerprint density at radius 3 is 1.32 bits per heavy atom. The number of nitrogens with zero attached hydrogens (tertiary/aromatic N) is 8. The SMILES string of the molecule is CCNc1nc(Cl)nc2c1ncn2[C@@H]1O[C@H](CO[C@@](C)(C(=O)OCC)P(=O)(O)O)[C@@H](O)[C@H]1O.CCNc1nc(Cl)nc2c1ncn2[C@@H]1O[C@H](CO[C@](C)(C(=O)OCC)P(=O)(O)O)[C@@H](O)[C@H]1O. The first kappa shape index (κ1) is 53.2. The van der Waals surface area contributed by atoms with Crippen LogP contribution in [0.2, 0.25) is 10.6 Å². The highest BCUT2D eigenvalue weighted by Crippen LogP contribution is 2.53. The summed E-state index contributed by atoms with van der Waals surface area (Å²) in [7, 11) is -10.3. The summed E-state index contributed by atoms with van der Waals surface area (Å²) < 4.78 is 57.7. The number of ether oxygens (including phenoxy) is 6. The van der Waals surface area contributed by atoms with E-state index in [2.05, 4.69) is 40.5 Å². The minimum absolute atomic E-state index is 0.0834. The number of aliphatic hydroxyl groups excluding tert-OH is 4. The van der Waals surface area contributed by atoms with Crippen LogP contribution in [-0.4, -0.2) is 178 Å². The zero-order chi connectivity index (χ0) is 49.1. The molecule has 0 spiro atoms. The van der Waals surface area contributed by atoms with Gasteiger partial charge in [0.2, 0.25) is 10.6 Å². The predicted molar refractivity (Wildman–Crippen MR) is 227 cm³/mol. The topological polar surface area (TPSA) is 397 Å². The molecule has 6 rings (SSSR count). The van der Waals surface area contributed by atoms with Crippen molar-refractivity contribution in [3.63, 3.8) is 0 Å². The van der Waals surface area contributed by atoms with E-state index in [1.807, 2.05) is 13.8 Å². The number of anilines is 2. The molecule has 32 heteroatoms. The Morgan fingerprint density at radius 2 is 1.02 bits per heavy atom. The average Bonchev–Trinajstić information content (AvgIpc) is 4.00. The molecule has 2 aliphatic heterocycles. The van der Waals surface area contributed by atoms with Crippen LogP contribution in [0.4, 0.5) is 11.6 Å².